The number of H-pyrrole nitrogens is 1. The van der Waals surface area contributed by atoms with E-state index in [1.165, 1.54) is 11.3 Å². The molecule has 3 aromatic heterocycles. The lowest BCUT2D eigenvalue weighted by atomic mass is 10.2. The molecule has 1 fully saturated rings. The number of nitrogens with zero attached hydrogens (tertiary/aromatic N) is 4. The smallest absolute Gasteiger partial charge is 0.146 e. The summed E-state index contributed by atoms with van der Waals surface area (Å²) in [4.78, 5) is 12.9. The maximum Gasteiger partial charge on any atom is 0.146 e. The van der Waals surface area contributed by atoms with Crippen LogP contribution < -0.4 is 0 Å². The monoisotopic (exact) mass is 299 g/mol. The van der Waals surface area contributed by atoms with Gasteiger partial charge in [-0.3, -0.25) is 10.00 Å². The lowest BCUT2D eigenvalue weighted by Gasteiger charge is -2.17. The summed E-state index contributed by atoms with van der Waals surface area (Å²) in [6.07, 6.45) is 6.22. The Bertz CT molecular complexity index is 790. The molecule has 1 aliphatic heterocycles. The highest BCUT2D eigenvalue weighted by atomic mass is 32.1. The third-order valence-electron chi connectivity index (χ3n) is 4.20. The molecule has 4 heterocycles. The summed E-state index contributed by atoms with van der Waals surface area (Å²) in [6, 6.07) is 2.52. The molecule has 6 heteroatoms. The van der Waals surface area contributed by atoms with Crippen molar-refractivity contribution in [2.75, 3.05) is 13.6 Å². The minimum atomic E-state index is 0.369. The van der Waals surface area contributed by atoms with Gasteiger partial charge in [-0.1, -0.05) is 0 Å². The van der Waals surface area contributed by atoms with Gasteiger partial charge in [0.1, 0.15) is 5.82 Å². The van der Waals surface area contributed by atoms with Crippen molar-refractivity contribution in [1.82, 2.24) is 25.1 Å². The molecule has 1 aliphatic rings. The Morgan fingerprint density at radius 2 is 2.29 bits per heavy atom. The van der Waals surface area contributed by atoms with Crippen molar-refractivity contribution in [3.8, 4) is 10.4 Å². The van der Waals surface area contributed by atoms with E-state index < -0.39 is 0 Å². The molecule has 4 rings (SSSR count). The van der Waals surface area contributed by atoms with Crippen LogP contribution in [-0.4, -0.2) is 38.7 Å². The third-order valence-corrected chi connectivity index (χ3v) is 5.30. The summed E-state index contributed by atoms with van der Waals surface area (Å²) < 4.78 is 1.13. The van der Waals surface area contributed by atoms with Gasteiger partial charge in [-0.2, -0.15) is 5.10 Å². The summed E-state index contributed by atoms with van der Waals surface area (Å²) in [5.41, 5.74) is 3.28. The standard InChI is InChI=1S/C15H17N5S/c1-9-10(7-17-19-9)13-6-11-14(21-13)8-16-15(18-11)12-4-3-5-20(12)2/h6-8,12H,3-5H2,1-2H3,(H,17,19)/t12-/m0/s1. The van der Waals surface area contributed by atoms with Crippen LogP contribution in [0.4, 0.5) is 0 Å². The molecule has 0 aromatic carbocycles. The van der Waals surface area contributed by atoms with Gasteiger partial charge in [0.2, 0.25) is 0 Å². The zero-order valence-electron chi connectivity index (χ0n) is 12.1. The molecule has 0 bridgehead atoms. The molecule has 108 valence electrons. The van der Waals surface area contributed by atoms with Gasteiger partial charge >= 0.3 is 0 Å². The van der Waals surface area contributed by atoms with Crippen LogP contribution in [0.25, 0.3) is 20.7 Å². The molecule has 0 amide bonds. The molecule has 0 radical (unpaired) electrons. The molecule has 1 atom stereocenters. The summed E-state index contributed by atoms with van der Waals surface area (Å²) in [7, 11) is 2.15. The highest BCUT2D eigenvalue weighted by Crippen LogP contribution is 2.35. The molecule has 21 heavy (non-hydrogen) atoms. The van der Waals surface area contributed by atoms with E-state index in [0.717, 1.165) is 40.3 Å². The second-order valence-electron chi connectivity index (χ2n) is 5.64. The van der Waals surface area contributed by atoms with Gasteiger partial charge in [0, 0.05) is 22.3 Å². The van der Waals surface area contributed by atoms with Gasteiger partial charge < -0.3 is 0 Å². The van der Waals surface area contributed by atoms with Crippen LogP contribution in [0.3, 0.4) is 0 Å². The van der Waals surface area contributed by atoms with Gasteiger partial charge in [-0.15, -0.1) is 11.3 Å². The molecule has 0 aliphatic carbocycles. The number of hydrogen-bond donors (Lipinski definition) is 1. The first-order valence-electron chi connectivity index (χ1n) is 7.19. The summed E-state index contributed by atoms with van der Waals surface area (Å²) in [5, 5.41) is 7.09. The number of likely N-dealkylation sites (tertiary alicyclic amines) is 1. The Kier molecular flexibility index (Phi) is 3.01. The van der Waals surface area contributed by atoms with Crippen LogP contribution in [0.2, 0.25) is 0 Å². The third kappa shape index (κ3) is 2.15. The van der Waals surface area contributed by atoms with Crippen molar-refractivity contribution in [2.24, 2.45) is 0 Å². The number of aryl methyl sites for hydroxylation is 1. The number of aromatic amines is 1. The molecular weight excluding hydrogens is 282 g/mol. The van der Waals surface area contributed by atoms with Crippen LogP contribution >= 0.6 is 11.3 Å². The lowest BCUT2D eigenvalue weighted by molar-refractivity contribution is 0.306. The fraction of sp³-hybridized carbons (Fsp3) is 0.400. The Balaban J connectivity index is 1.77. The van der Waals surface area contributed by atoms with Gasteiger partial charge in [-0.05, 0) is 39.4 Å². The van der Waals surface area contributed by atoms with E-state index >= 15 is 0 Å². The predicted molar refractivity (Wildman–Crippen MR) is 84.3 cm³/mol. The number of aromatic nitrogens is 4. The number of fused-ring (bicyclic) bond motifs is 1. The lowest BCUT2D eigenvalue weighted by Crippen LogP contribution is -2.19. The normalized spacial score (nSPS) is 19.6. The van der Waals surface area contributed by atoms with Crippen molar-refractivity contribution in [1.29, 1.82) is 0 Å². The second-order valence-corrected chi connectivity index (χ2v) is 6.72. The average molecular weight is 299 g/mol. The highest BCUT2D eigenvalue weighted by molar-refractivity contribution is 7.22. The van der Waals surface area contributed by atoms with Crippen molar-refractivity contribution in [2.45, 2.75) is 25.8 Å². The quantitative estimate of drug-likeness (QED) is 0.789. The minimum Gasteiger partial charge on any atom is -0.296 e. The number of nitrogens with one attached hydrogen (secondary N) is 1. The summed E-state index contributed by atoms with van der Waals surface area (Å²) in [6.45, 7) is 3.17. The Hall–Kier alpha value is -1.79. The van der Waals surface area contributed by atoms with E-state index in [1.54, 1.807) is 11.3 Å². The Morgan fingerprint density at radius 3 is 3.00 bits per heavy atom. The van der Waals surface area contributed by atoms with E-state index in [9.17, 15) is 0 Å². The van der Waals surface area contributed by atoms with Crippen LogP contribution in [0.15, 0.2) is 18.5 Å². The minimum absolute atomic E-state index is 0.369. The van der Waals surface area contributed by atoms with Crippen molar-refractivity contribution >= 4 is 21.6 Å². The van der Waals surface area contributed by atoms with E-state index in [-0.39, 0.29) is 0 Å². The van der Waals surface area contributed by atoms with Crippen LogP contribution in [0.1, 0.15) is 30.4 Å². The van der Waals surface area contributed by atoms with Gasteiger partial charge in [0.15, 0.2) is 0 Å². The molecule has 0 unspecified atom stereocenters. The predicted octanol–water partition coefficient (Wildman–Crippen LogP) is 3.16. The number of rotatable bonds is 2. The molecule has 1 saturated heterocycles. The van der Waals surface area contributed by atoms with Gasteiger partial charge in [0.25, 0.3) is 0 Å². The first-order valence-corrected chi connectivity index (χ1v) is 8.01. The molecular formula is C15H17N5S. The van der Waals surface area contributed by atoms with Crippen LogP contribution in [-0.2, 0) is 0 Å². The Labute approximate surface area is 127 Å². The number of hydrogen-bond acceptors (Lipinski definition) is 5. The fourth-order valence-electron chi connectivity index (χ4n) is 2.98. The Morgan fingerprint density at radius 1 is 1.38 bits per heavy atom. The SMILES string of the molecule is Cc1[nH]ncc1-c1cc2nc([C@@H]3CCCN3C)ncc2s1. The van der Waals surface area contributed by atoms with Crippen LogP contribution in [0, 0.1) is 6.92 Å². The second kappa shape index (κ2) is 4.89. The zero-order valence-corrected chi connectivity index (χ0v) is 12.9. The van der Waals surface area contributed by atoms with E-state index in [1.807, 2.05) is 19.3 Å². The van der Waals surface area contributed by atoms with Gasteiger partial charge in [0.05, 0.1) is 22.5 Å². The molecule has 5 nitrogen and oxygen atoms in total. The summed E-state index contributed by atoms with van der Waals surface area (Å²) >= 11 is 1.72. The molecule has 1 N–H and O–H groups in total. The molecule has 0 saturated carbocycles. The van der Waals surface area contributed by atoms with Crippen molar-refractivity contribution < 1.29 is 0 Å². The van der Waals surface area contributed by atoms with Crippen molar-refractivity contribution in [3.63, 3.8) is 0 Å². The highest BCUT2D eigenvalue weighted by Gasteiger charge is 2.25. The zero-order chi connectivity index (χ0) is 14.4. The summed E-state index contributed by atoms with van der Waals surface area (Å²) in [5.74, 6) is 0.954. The van der Waals surface area contributed by atoms with E-state index in [0.29, 0.717) is 6.04 Å². The van der Waals surface area contributed by atoms with Gasteiger partial charge in [-0.25, -0.2) is 9.97 Å². The maximum atomic E-state index is 4.79. The van der Waals surface area contributed by atoms with E-state index in [2.05, 4.69) is 33.2 Å². The topological polar surface area (TPSA) is 57.7 Å². The first-order chi connectivity index (χ1) is 10.2. The van der Waals surface area contributed by atoms with E-state index in [4.69, 9.17) is 4.98 Å². The maximum absolute atomic E-state index is 4.79. The molecule has 0 spiro atoms. The van der Waals surface area contributed by atoms with Crippen molar-refractivity contribution in [3.05, 3.63) is 30.0 Å². The first kappa shape index (κ1) is 12.9. The average Bonchev–Trinajstić information content (AvgIpc) is 3.16. The number of thiophene rings is 1. The van der Waals surface area contributed by atoms with Crippen LogP contribution in [0.5, 0.6) is 0 Å². The largest absolute Gasteiger partial charge is 0.296 e. The molecule has 3 aromatic rings. The fourth-order valence-corrected chi connectivity index (χ4v) is 4.02.